The number of fused-ring (bicyclic) bond motifs is 1. The first-order chi connectivity index (χ1) is 12.7. The van der Waals surface area contributed by atoms with Crippen molar-refractivity contribution in [2.24, 2.45) is 0 Å². The second-order valence-corrected chi connectivity index (χ2v) is 8.06. The van der Waals surface area contributed by atoms with Crippen LogP contribution in [0.5, 0.6) is 0 Å². The van der Waals surface area contributed by atoms with E-state index in [0.717, 1.165) is 17.3 Å². The number of aromatic nitrogens is 3. The average Bonchev–Trinajstić information content (AvgIpc) is 2.58. The zero-order chi connectivity index (χ0) is 19.6. The molecule has 0 saturated heterocycles. The smallest absolute Gasteiger partial charge is 0.316 e. The summed E-state index contributed by atoms with van der Waals surface area (Å²) in [5.74, 6) is 0.164. The van der Waals surface area contributed by atoms with Crippen molar-refractivity contribution in [2.75, 3.05) is 5.75 Å². The van der Waals surface area contributed by atoms with Gasteiger partial charge in [0, 0.05) is 6.20 Å². The van der Waals surface area contributed by atoms with Gasteiger partial charge >= 0.3 is 5.97 Å². The number of benzene rings is 1. The Hall–Kier alpha value is -2.67. The fourth-order valence-corrected chi connectivity index (χ4v) is 3.32. The molecule has 0 bridgehead atoms. The van der Waals surface area contributed by atoms with E-state index < -0.39 is 5.60 Å². The first-order valence-electron chi connectivity index (χ1n) is 8.54. The number of pyridine rings is 1. The molecule has 0 fully saturated rings. The van der Waals surface area contributed by atoms with Crippen LogP contribution in [0, 0.1) is 6.92 Å². The Morgan fingerprint density at radius 2 is 1.96 bits per heavy atom. The van der Waals surface area contributed by atoms with Gasteiger partial charge < -0.3 is 4.74 Å². The number of para-hydroxylation sites is 1. The number of hydrogen-bond acceptors (Lipinski definition) is 6. The molecule has 0 spiro atoms. The van der Waals surface area contributed by atoms with Crippen molar-refractivity contribution in [1.82, 2.24) is 14.5 Å². The third-order valence-electron chi connectivity index (χ3n) is 3.61. The normalized spacial score (nSPS) is 11.6. The molecule has 1 aromatic carbocycles. The van der Waals surface area contributed by atoms with Crippen molar-refractivity contribution in [3.05, 3.63) is 58.5 Å². The molecule has 0 amide bonds. The van der Waals surface area contributed by atoms with E-state index in [2.05, 4.69) is 9.97 Å². The summed E-state index contributed by atoms with van der Waals surface area (Å²) >= 11 is 1.16. The molecule has 0 aliphatic rings. The molecule has 0 N–H and O–H groups in total. The van der Waals surface area contributed by atoms with Gasteiger partial charge in [-0.05, 0) is 57.5 Å². The summed E-state index contributed by atoms with van der Waals surface area (Å²) in [5, 5.41) is 0.907. The van der Waals surface area contributed by atoms with Gasteiger partial charge in [-0.15, -0.1) is 0 Å². The third-order valence-corrected chi connectivity index (χ3v) is 4.53. The zero-order valence-electron chi connectivity index (χ0n) is 15.7. The first kappa shape index (κ1) is 19.1. The summed E-state index contributed by atoms with van der Waals surface area (Å²) in [7, 11) is 0. The Labute approximate surface area is 161 Å². The quantitative estimate of drug-likeness (QED) is 0.390. The van der Waals surface area contributed by atoms with Gasteiger partial charge in [-0.25, -0.2) is 14.5 Å². The maximum atomic E-state index is 13.1. The van der Waals surface area contributed by atoms with Gasteiger partial charge in [0.25, 0.3) is 5.56 Å². The van der Waals surface area contributed by atoms with Crippen LogP contribution < -0.4 is 5.56 Å². The van der Waals surface area contributed by atoms with Crippen molar-refractivity contribution in [3.8, 4) is 5.82 Å². The minimum atomic E-state index is -0.563. The zero-order valence-corrected chi connectivity index (χ0v) is 16.5. The second kappa shape index (κ2) is 7.52. The number of carbonyl (C=O) groups is 1. The molecule has 0 unspecified atom stereocenters. The molecule has 3 rings (SSSR count). The number of esters is 1. The van der Waals surface area contributed by atoms with Crippen molar-refractivity contribution < 1.29 is 9.53 Å². The molecule has 27 heavy (non-hydrogen) atoms. The fourth-order valence-electron chi connectivity index (χ4n) is 2.55. The van der Waals surface area contributed by atoms with Crippen LogP contribution >= 0.6 is 11.8 Å². The molecular weight excluding hydrogens is 362 g/mol. The van der Waals surface area contributed by atoms with Gasteiger partial charge in [-0.3, -0.25) is 9.59 Å². The van der Waals surface area contributed by atoms with Gasteiger partial charge in [0.1, 0.15) is 11.4 Å². The SMILES string of the molecule is Cc1ccnc(-n2c(SCC(=O)OC(C)(C)C)nc3ccccc3c2=O)c1. The van der Waals surface area contributed by atoms with Gasteiger partial charge in [0.05, 0.1) is 16.7 Å². The molecule has 2 heterocycles. The molecule has 3 aromatic rings. The predicted molar refractivity (Wildman–Crippen MR) is 106 cm³/mol. The van der Waals surface area contributed by atoms with E-state index in [-0.39, 0.29) is 17.3 Å². The molecule has 0 aliphatic carbocycles. The summed E-state index contributed by atoms with van der Waals surface area (Å²) in [6.07, 6.45) is 1.65. The summed E-state index contributed by atoms with van der Waals surface area (Å²) in [5.41, 5.74) is 0.776. The van der Waals surface area contributed by atoms with Gasteiger partial charge in [0.15, 0.2) is 5.16 Å². The number of ether oxygens (including phenoxy) is 1. The van der Waals surface area contributed by atoms with Gasteiger partial charge in [-0.2, -0.15) is 0 Å². The summed E-state index contributed by atoms with van der Waals surface area (Å²) < 4.78 is 6.80. The summed E-state index contributed by atoms with van der Waals surface area (Å²) in [6.45, 7) is 7.38. The minimum absolute atomic E-state index is 0.0495. The standard InChI is InChI=1S/C20H21N3O3S/c1-13-9-10-21-16(11-13)23-18(25)14-7-5-6-8-15(14)22-19(23)27-12-17(24)26-20(2,3)4/h5-11H,12H2,1-4H3. The molecule has 0 atom stereocenters. The lowest BCUT2D eigenvalue weighted by Gasteiger charge is -2.19. The monoisotopic (exact) mass is 383 g/mol. The lowest BCUT2D eigenvalue weighted by atomic mass is 10.2. The maximum absolute atomic E-state index is 13.1. The summed E-state index contributed by atoms with van der Waals surface area (Å²) in [6, 6.07) is 10.8. The van der Waals surface area contributed by atoms with Gasteiger partial charge in [-0.1, -0.05) is 23.9 Å². The number of rotatable bonds is 4. The number of aryl methyl sites for hydroxylation is 1. The first-order valence-corrected chi connectivity index (χ1v) is 9.52. The largest absolute Gasteiger partial charge is 0.459 e. The van der Waals surface area contributed by atoms with E-state index >= 15 is 0 Å². The van der Waals surface area contributed by atoms with E-state index in [1.807, 2.05) is 45.9 Å². The van der Waals surface area contributed by atoms with Crippen LogP contribution in [0.1, 0.15) is 26.3 Å². The lowest BCUT2D eigenvalue weighted by Crippen LogP contribution is -2.26. The second-order valence-electron chi connectivity index (χ2n) is 7.12. The highest BCUT2D eigenvalue weighted by Gasteiger charge is 2.19. The Kier molecular flexibility index (Phi) is 5.32. The lowest BCUT2D eigenvalue weighted by molar-refractivity contribution is -0.151. The molecule has 0 saturated carbocycles. The molecule has 140 valence electrons. The van der Waals surface area contributed by atoms with E-state index in [1.54, 1.807) is 24.4 Å². The Balaban J connectivity index is 2.06. The van der Waals surface area contributed by atoms with E-state index in [1.165, 1.54) is 4.57 Å². The van der Waals surface area contributed by atoms with Crippen LogP contribution in [0.4, 0.5) is 0 Å². The van der Waals surface area contributed by atoms with Crippen molar-refractivity contribution in [2.45, 2.75) is 38.5 Å². The van der Waals surface area contributed by atoms with Gasteiger partial charge in [0.2, 0.25) is 0 Å². The summed E-state index contributed by atoms with van der Waals surface area (Å²) in [4.78, 5) is 34.1. The minimum Gasteiger partial charge on any atom is -0.459 e. The number of carbonyl (C=O) groups excluding carboxylic acids is 1. The van der Waals surface area contributed by atoms with Crippen LogP contribution in [0.2, 0.25) is 0 Å². The topological polar surface area (TPSA) is 74.1 Å². The van der Waals surface area contributed by atoms with Crippen LogP contribution in [-0.2, 0) is 9.53 Å². The Bertz CT molecular complexity index is 1050. The van der Waals surface area contributed by atoms with Crippen molar-refractivity contribution in [3.63, 3.8) is 0 Å². The predicted octanol–water partition coefficient (Wildman–Crippen LogP) is 3.52. The van der Waals surface area contributed by atoms with E-state index in [4.69, 9.17) is 4.74 Å². The van der Waals surface area contributed by atoms with Crippen molar-refractivity contribution in [1.29, 1.82) is 0 Å². The molecule has 0 radical (unpaired) electrons. The van der Waals surface area contributed by atoms with E-state index in [0.29, 0.717) is 21.9 Å². The van der Waals surface area contributed by atoms with Crippen molar-refractivity contribution >= 4 is 28.6 Å². The molecule has 7 heteroatoms. The van der Waals surface area contributed by atoms with Crippen LogP contribution in [0.25, 0.3) is 16.7 Å². The van der Waals surface area contributed by atoms with E-state index in [9.17, 15) is 9.59 Å². The highest BCUT2D eigenvalue weighted by atomic mass is 32.2. The molecule has 6 nitrogen and oxygen atoms in total. The molecular formula is C20H21N3O3S. The molecule has 2 aromatic heterocycles. The van der Waals surface area contributed by atoms with Crippen LogP contribution in [0.15, 0.2) is 52.5 Å². The number of thioether (sulfide) groups is 1. The Morgan fingerprint density at radius 1 is 1.22 bits per heavy atom. The third kappa shape index (κ3) is 4.54. The number of nitrogens with zero attached hydrogens (tertiary/aromatic N) is 3. The van der Waals surface area contributed by atoms with Crippen LogP contribution in [0.3, 0.4) is 0 Å². The molecule has 0 aliphatic heterocycles. The highest BCUT2D eigenvalue weighted by Crippen LogP contribution is 2.21. The number of hydrogen-bond donors (Lipinski definition) is 0. The fraction of sp³-hybridized carbons (Fsp3) is 0.300. The Morgan fingerprint density at radius 3 is 2.67 bits per heavy atom. The van der Waals surface area contributed by atoms with Crippen LogP contribution in [-0.4, -0.2) is 31.9 Å². The maximum Gasteiger partial charge on any atom is 0.316 e. The average molecular weight is 383 g/mol. The highest BCUT2D eigenvalue weighted by molar-refractivity contribution is 7.99.